The number of aromatic nitrogens is 1. The zero-order valence-electron chi connectivity index (χ0n) is 20.2. The Morgan fingerprint density at radius 2 is 1.76 bits per heavy atom. The molecule has 38 heavy (non-hydrogen) atoms. The lowest BCUT2D eigenvalue weighted by Crippen LogP contribution is -2.30. The summed E-state index contributed by atoms with van der Waals surface area (Å²) in [5.74, 6) is -1.10. The van der Waals surface area contributed by atoms with Gasteiger partial charge in [0.25, 0.3) is 11.8 Å². The van der Waals surface area contributed by atoms with E-state index in [9.17, 15) is 14.4 Å². The number of hydrogen-bond donors (Lipinski definition) is 3. The monoisotopic (exact) mass is 562 g/mol. The maximum Gasteiger partial charge on any atom is 0.272 e. The number of benzene rings is 3. The van der Waals surface area contributed by atoms with Crippen LogP contribution < -0.4 is 16.0 Å². The molecule has 4 rings (SSSR count). The lowest BCUT2D eigenvalue weighted by atomic mass is 10.1. The van der Waals surface area contributed by atoms with Crippen LogP contribution in [0.25, 0.3) is 6.08 Å². The lowest BCUT2D eigenvalue weighted by molar-refractivity contribution is -0.115. The smallest absolute Gasteiger partial charge is 0.272 e. The highest BCUT2D eigenvalue weighted by Gasteiger charge is 2.18. The van der Waals surface area contributed by atoms with Crippen LogP contribution in [0.1, 0.15) is 22.8 Å². The number of anilines is 2. The fraction of sp³-hybridized carbons (Fsp3) is 0.0714. The van der Waals surface area contributed by atoms with Crippen LogP contribution in [-0.2, 0) is 9.59 Å². The molecule has 0 saturated heterocycles. The average molecular weight is 563 g/mol. The molecule has 0 saturated carbocycles. The highest BCUT2D eigenvalue weighted by molar-refractivity contribution is 8.00. The number of carbonyl (C=O) groups is 3. The van der Waals surface area contributed by atoms with Crippen LogP contribution in [0, 0.1) is 0 Å². The van der Waals surface area contributed by atoms with Gasteiger partial charge in [0.15, 0.2) is 5.13 Å². The van der Waals surface area contributed by atoms with Crippen molar-refractivity contribution in [1.29, 1.82) is 0 Å². The van der Waals surface area contributed by atoms with E-state index in [1.807, 2.05) is 6.07 Å². The molecule has 3 N–H and O–H groups in total. The summed E-state index contributed by atoms with van der Waals surface area (Å²) in [6, 6.07) is 22.7. The van der Waals surface area contributed by atoms with Crippen molar-refractivity contribution in [3.8, 4) is 0 Å². The topological polar surface area (TPSA) is 100 Å². The standard InChI is InChI=1S/C28H23ClN4O3S2/c1-18(25(34)33-28-30-13-14-37-28)38-23-12-6-11-22(17-23)31-27(36)24(16-19-7-5-10-21(29)15-19)32-26(35)20-8-3-2-4-9-20/h2-18H,1H3,(H,31,36)(H,32,35)(H,30,33,34)/b24-16-. The Balaban J connectivity index is 1.49. The molecule has 0 spiro atoms. The summed E-state index contributed by atoms with van der Waals surface area (Å²) >= 11 is 8.81. The van der Waals surface area contributed by atoms with Crippen LogP contribution in [-0.4, -0.2) is 28.0 Å². The molecule has 1 unspecified atom stereocenters. The quantitative estimate of drug-likeness (QED) is 0.164. The highest BCUT2D eigenvalue weighted by atomic mass is 35.5. The summed E-state index contributed by atoms with van der Waals surface area (Å²) in [5, 5.41) is 10.8. The molecular formula is C28H23ClN4O3S2. The Morgan fingerprint density at radius 3 is 2.50 bits per heavy atom. The van der Waals surface area contributed by atoms with Crippen molar-refractivity contribution in [3.05, 3.63) is 112 Å². The summed E-state index contributed by atoms with van der Waals surface area (Å²) in [6.45, 7) is 1.80. The second-order valence-electron chi connectivity index (χ2n) is 8.00. The van der Waals surface area contributed by atoms with Gasteiger partial charge in [-0.05, 0) is 61.0 Å². The van der Waals surface area contributed by atoms with Crippen molar-refractivity contribution < 1.29 is 14.4 Å². The lowest BCUT2D eigenvalue weighted by Gasteiger charge is -2.13. The van der Waals surface area contributed by atoms with E-state index in [2.05, 4.69) is 20.9 Å². The SMILES string of the molecule is CC(Sc1cccc(NC(=O)/C(=C/c2cccc(Cl)c2)NC(=O)c2ccccc2)c1)C(=O)Nc1nccs1. The van der Waals surface area contributed by atoms with Crippen molar-refractivity contribution in [2.24, 2.45) is 0 Å². The normalized spacial score (nSPS) is 11.9. The second kappa shape index (κ2) is 13.0. The summed E-state index contributed by atoms with van der Waals surface area (Å²) in [6.07, 6.45) is 3.19. The minimum atomic E-state index is -0.508. The molecule has 0 bridgehead atoms. The van der Waals surface area contributed by atoms with Crippen LogP contribution in [0.5, 0.6) is 0 Å². The van der Waals surface area contributed by atoms with Gasteiger partial charge >= 0.3 is 0 Å². The molecule has 7 nitrogen and oxygen atoms in total. The van der Waals surface area contributed by atoms with Gasteiger partial charge < -0.3 is 16.0 Å². The average Bonchev–Trinajstić information content (AvgIpc) is 3.42. The molecular weight excluding hydrogens is 540 g/mol. The first-order valence-electron chi connectivity index (χ1n) is 11.5. The zero-order chi connectivity index (χ0) is 26.9. The molecule has 0 radical (unpaired) electrons. The number of thiazole rings is 1. The number of halogens is 1. The largest absolute Gasteiger partial charge is 0.321 e. The van der Waals surface area contributed by atoms with E-state index < -0.39 is 17.1 Å². The fourth-order valence-electron chi connectivity index (χ4n) is 3.30. The van der Waals surface area contributed by atoms with E-state index in [-0.39, 0.29) is 11.6 Å². The zero-order valence-corrected chi connectivity index (χ0v) is 22.6. The molecule has 10 heteroatoms. The highest BCUT2D eigenvalue weighted by Crippen LogP contribution is 2.27. The second-order valence-corrected chi connectivity index (χ2v) is 10.7. The Kier molecular flexibility index (Phi) is 9.31. The van der Waals surface area contributed by atoms with Gasteiger partial charge in [0.2, 0.25) is 5.91 Å². The molecule has 192 valence electrons. The van der Waals surface area contributed by atoms with E-state index in [0.29, 0.717) is 27.0 Å². The molecule has 3 aromatic carbocycles. The van der Waals surface area contributed by atoms with Gasteiger partial charge in [0.05, 0.1) is 5.25 Å². The minimum Gasteiger partial charge on any atom is -0.321 e. The molecule has 1 heterocycles. The van der Waals surface area contributed by atoms with Crippen LogP contribution in [0.15, 0.2) is 101 Å². The first-order chi connectivity index (χ1) is 18.4. The van der Waals surface area contributed by atoms with Crippen molar-refractivity contribution in [3.63, 3.8) is 0 Å². The number of carbonyl (C=O) groups excluding carboxylic acids is 3. The van der Waals surface area contributed by atoms with Crippen molar-refractivity contribution in [1.82, 2.24) is 10.3 Å². The number of nitrogens with one attached hydrogen (secondary N) is 3. The predicted molar refractivity (Wildman–Crippen MR) is 154 cm³/mol. The van der Waals surface area contributed by atoms with Crippen molar-refractivity contribution in [2.75, 3.05) is 10.6 Å². The Labute approximate surface area is 233 Å². The number of hydrogen-bond acceptors (Lipinski definition) is 6. The Bertz CT molecular complexity index is 1460. The van der Waals surface area contributed by atoms with E-state index >= 15 is 0 Å². The van der Waals surface area contributed by atoms with Gasteiger partial charge in [-0.1, -0.05) is 48.0 Å². The molecule has 0 aliphatic rings. The summed E-state index contributed by atoms with van der Waals surface area (Å²) < 4.78 is 0. The van der Waals surface area contributed by atoms with Crippen LogP contribution in [0.4, 0.5) is 10.8 Å². The number of nitrogens with zero attached hydrogens (tertiary/aromatic N) is 1. The summed E-state index contributed by atoms with van der Waals surface area (Å²) in [5.41, 5.74) is 1.63. The third kappa shape index (κ3) is 7.79. The van der Waals surface area contributed by atoms with Gasteiger partial charge in [-0.2, -0.15) is 0 Å². The first kappa shape index (κ1) is 27.1. The maximum atomic E-state index is 13.3. The van der Waals surface area contributed by atoms with Crippen LogP contribution in [0.3, 0.4) is 0 Å². The third-order valence-electron chi connectivity index (χ3n) is 5.12. The van der Waals surface area contributed by atoms with Crippen molar-refractivity contribution in [2.45, 2.75) is 17.1 Å². The van der Waals surface area contributed by atoms with Crippen LogP contribution >= 0.6 is 34.7 Å². The van der Waals surface area contributed by atoms with E-state index in [0.717, 1.165) is 4.90 Å². The molecule has 1 atom stereocenters. The molecule has 0 aliphatic carbocycles. The third-order valence-corrected chi connectivity index (χ3v) is 7.14. The molecule has 4 aromatic rings. The molecule has 1 aromatic heterocycles. The van der Waals surface area contributed by atoms with Crippen molar-refractivity contribution >= 4 is 69.3 Å². The van der Waals surface area contributed by atoms with Gasteiger partial charge in [0, 0.05) is 32.7 Å². The van der Waals surface area contributed by atoms with Gasteiger partial charge in [-0.3, -0.25) is 14.4 Å². The number of amides is 3. The minimum absolute atomic E-state index is 0.0513. The number of rotatable bonds is 9. The van der Waals surface area contributed by atoms with Crippen LogP contribution in [0.2, 0.25) is 5.02 Å². The summed E-state index contributed by atoms with van der Waals surface area (Å²) in [7, 11) is 0. The van der Waals surface area contributed by atoms with E-state index in [4.69, 9.17) is 11.6 Å². The number of thioether (sulfide) groups is 1. The van der Waals surface area contributed by atoms with E-state index in [1.54, 1.807) is 97.4 Å². The molecule has 0 fully saturated rings. The van der Waals surface area contributed by atoms with Gasteiger partial charge in [0.1, 0.15) is 5.70 Å². The maximum absolute atomic E-state index is 13.3. The first-order valence-corrected chi connectivity index (χ1v) is 13.6. The van der Waals surface area contributed by atoms with E-state index in [1.165, 1.54) is 23.1 Å². The fourth-order valence-corrected chi connectivity index (χ4v) is 4.96. The summed E-state index contributed by atoms with van der Waals surface area (Å²) in [4.78, 5) is 43.5. The van der Waals surface area contributed by atoms with Gasteiger partial charge in [-0.25, -0.2) is 4.98 Å². The Morgan fingerprint density at radius 1 is 0.974 bits per heavy atom. The van der Waals surface area contributed by atoms with Gasteiger partial charge in [-0.15, -0.1) is 23.1 Å². The molecule has 0 aliphatic heterocycles. The Hall–Kier alpha value is -3.92. The predicted octanol–water partition coefficient (Wildman–Crippen LogP) is 6.33. The molecule has 3 amide bonds.